The fraction of sp³-hybridized carbons (Fsp3) is 0.508. The van der Waals surface area contributed by atoms with Gasteiger partial charge >= 0.3 is 0 Å². The number of amides is 7. The lowest BCUT2D eigenvalue weighted by Crippen LogP contribution is -2.61. The summed E-state index contributed by atoms with van der Waals surface area (Å²) in [5.41, 5.74) is 6.68. The molecule has 9 N–H and O–H groups in total. The highest BCUT2D eigenvalue weighted by atomic mass is 32.2. The quantitative estimate of drug-likeness (QED) is 0.0344. The second-order valence-corrected chi connectivity index (χ2v) is 23.9. The zero-order chi connectivity index (χ0) is 58.7. The van der Waals surface area contributed by atoms with Gasteiger partial charge in [-0.3, -0.25) is 33.6 Å². The van der Waals surface area contributed by atoms with E-state index in [0.29, 0.717) is 50.8 Å². The lowest BCUT2D eigenvalue weighted by Gasteiger charge is -2.40. The molecule has 79 heavy (non-hydrogen) atoms. The molecule has 432 valence electrons. The number of carbonyl (C=O) groups excluding carboxylic acids is 7. The van der Waals surface area contributed by atoms with Gasteiger partial charge in [-0.25, -0.2) is 13.1 Å². The SMILES string of the molecule is CN[C@H](C(=O)N[C@H](C(=O)N(C)[C@H](/C=C(\C)C(=O)NS(=O)(=O)c1ccc(CNC(=O)[C@H](CCCCN)NC(=O)[C@H](Cc2ccccc2)NC(=O)CCCCCN2C(=O)C=CC2O)cc1)C(C)C)C(C)(C)C)C(C)(C)c1ccccc1. The van der Waals surface area contributed by atoms with Crippen LogP contribution in [0.3, 0.4) is 0 Å². The van der Waals surface area contributed by atoms with Gasteiger partial charge in [-0.2, -0.15) is 0 Å². The third-order valence-corrected chi connectivity index (χ3v) is 15.6. The molecule has 0 saturated carbocycles. The molecular weight excluding hydrogens is 1030 g/mol. The van der Waals surface area contributed by atoms with Crippen LogP contribution in [0.25, 0.3) is 0 Å². The third kappa shape index (κ3) is 19.2. The first-order chi connectivity index (χ1) is 37.2. The summed E-state index contributed by atoms with van der Waals surface area (Å²) in [7, 11) is -1.11. The maximum Gasteiger partial charge on any atom is 0.264 e. The molecule has 0 bridgehead atoms. The molecule has 1 aliphatic rings. The highest BCUT2D eigenvalue weighted by Crippen LogP contribution is 2.29. The number of unbranched alkanes of at least 4 members (excludes halogenated alkanes) is 3. The molecule has 1 heterocycles. The Morgan fingerprint density at radius 1 is 0.772 bits per heavy atom. The van der Waals surface area contributed by atoms with Gasteiger partial charge < -0.3 is 47.2 Å². The molecule has 4 rings (SSSR count). The Morgan fingerprint density at radius 2 is 1.41 bits per heavy atom. The summed E-state index contributed by atoms with van der Waals surface area (Å²) >= 11 is 0. The molecule has 0 saturated heterocycles. The largest absolute Gasteiger partial charge is 0.370 e. The summed E-state index contributed by atoms with van der Waals surface area (Å²) in [6.45, 7) is 15.3. The van der Waals surface area contributed by atoms with Crippen LogP contribution in [0.4, 0.5) is 0 Å². The smallest absolute Gasteiger partial charge is 0.264 e. The van der Waals surface area contributed by atoms with Gasteiger partial charge in [0.25, 0.3) is 15.9 Å². The van der Waals surface area contributed by atoms with Crippen LogP contribution in [0.5, 0.6) is 0 Å². The second kappa shape index (κ2) is 30.0. The number of hydrogen-bond acceptors (Lipinski definition) is 12. The van der Waals surface area contributed by atoms with Crippen molar-refractivity contribution in [3.05, 3.63) is 125 Å². The zero-order valence-corrected chi connectivity index (χ0v) is 48.5. The van der Waals surface area contributed by atoms with Gasteiger partial charge in [0.15, 0.2) is 0 Å². The van der Waals surface area contributed by atoms with Crippen LogP contribution in [-0.4, -0.2) is 128 Å². The van der Waals surface area contributed by atoms with Crippen molar-refractivity contribution in [3.63, 3.8) is 0 Å². The Hall–Kier alpha value is -6.74. The van der Waals surface area contributed by atoms with Gasteiger partial charge in [0.05, 0.1) is 17.0 Å². The van der Waals surface area contributed by atoms with Crippen LogP contribution in [0, 0.1) is 11.3 Å². The van der Waals surface area contributed by atoms with Crippen LogP contribution in [0.2, 0.25) is 0 Å². The number of sulfonamides is 1. The number of carbonyl (C=O) groups is 7. The minimum absolute atomic E-state index is 0.0352. The van der Waals surface area contributed by atoms with Crippen molar-refractivity contribution in [2.24, 2.45) is 17.1 Å². The highest BCUT2D eigenvalue weighted by Gasteiger charge is 2.42. The van der Waals surface area contributed by atoms with Crippen LogP contribution in [0.15, 0.2) is 114 Å². The first kappa shape index (κ1) is 64.8. The molecule has 0 aliphatic carbocycles. The minimum atomic E-state index is -4.40. The Morgan fingerprint density at radius 3 is 1.97 bits per heavy atom. The van der Waals surface area contributed by atoms with E-state index in [1.54, 1.807) is 20.2 Å². The van der Waals surface area contributed by atoms with Crippen molar-refractivity contribution in [1.29, 1.82) is 0 Å². The van der Waals surface area contributed by atoms with Gasteiger partial charge in [0.1, 0.15) is 24.4 Å². The van der Waals surface area contributed by atoms with Crippen molar-refractivity contribution in [2.75, 3.05) is 27.2 Å². The molecular formula is C59H85N9O10S. The number of nitrogens with one attached hydrogen (secondary N) is 6. The van der Waals surface area contributed by atoms with E-state index < -0.39 is 80.9 Å². The second-order valence-electron chi connectivity index (χ2n) is 22.2. The van der Waals surface area contributed by atoms with Crippen molar-refractivity contribution < 1.29 is 47.1 Å². The number of likely N-dealkylation sites (N-methyl/N-ethyl adjacent to an activating group) is 2. The molecule has 7 amide bonds. The van der Waals surface area contributed by atoms with E-state index in [1.807, 2.05) is 109 Å². The number of hydrogen-bond donors (Lipinski definition) is 8. The summed E-state index contributed by atoms with van der Waals surface area (Å²) in [6.07, 6.45) is 6.63. The summed E-state index contributed by atoms with van der Waals surface area (Å²) in [5, 5.41) is 24.6. The molecule has 19 nitrogen and oxygen atoms in total. The molecule has 0 radical (unpaired) electrons. The molecule has 20 heteroatoms. The van der Waals surface area contributed by atoms with Gasteiger partial charge in [-0.05, 0) is 98.9 Å². The molecule has 1 unspecified atom stereocenters. The standard InChI is InChI=1S/C59H85N9O10S/c1-39(2)47(67(10)57(76)52(58(4,5)6)65-56(75)51(61-9)59(7,8)43-24-16-12-17-25-43)36-40(3)53(72)66-79(77,78)44-30-28-42(29-31-44)38-62-54(73)45(26-19-20-34-60)64-55(74)46(37-41-22-14-11-15-23-41)63-48(69)27-18-13-21-35-68-49(70)32-33-50(68)71/h11-12,14-17,22-25,28-33,36,39,45-47,49,51-52,61,70H,13,18-21,26-27,34-35,37-38,60H2,1-10H3,(H,62,73)(H,63,69)(H,64,74)(H,65,75)(H,66,72)/b40-36+/t45-,46-,47+,49?,51+,52+/m0/s1. The van der Waals surface area contributed by atoms with E-state index in [-0.39, 0.29) is 59.9 Å². The predicted octanol–water partition coefficient (Wildman–Crippen LogP) is 4.25. The van der Waals surface area contributed by atoms with Crippen LogP contribution in [-0.2, 0) is 62.0 Å². The Kier molecular flexibility index (Phi) is 24.6. The van der Waals surface area contributed by atoms with E-state index in [9.17, 15) is 47.1 Å². The molecule has 0 spiro atoms. The van der Waals surface area contributed by atoms with Crippen LogP contribution in [0.1, 0.15) is 117 Å². The lowest BCUT2D eigenvalue weighted by atomic mass is 9.76. The van der Waals surface area contributed by atoms with Crippen LogP contribution < -0.4 is 37.0 Å². The van der Waals surface area contributed by atoms with Gasteiger partial charge in [0.2, 0.25) is 35.4 Å². The predicted molar refractivity (Wildman–Crippen MR) is 305 cm³/mol. The topological polar surface area (TPSA) is 279 Å². The molecule has 3 aromatic rings. The molecule has 0 fully saturated rings. The maximum absolute atomic E-state index is 14.4. The summed E-state index contributed by atoms with van der Waals surface area (Å²) < 4.78 is 29.3. The average Bonchev–Trinajstić information content (AvgIpc) is 3.77. The van der Waals surface area contributed by atoms with Gasteiger partial charge in [-0.1, -0.05) is 134 Å². The van der Waals surface area contributed by atoms with E-state index in [2.05, 4.69) is 31.3 Å². The summed E-state index contributed by atoms with van der Waals surface area (Å²) in [5.74, 6) is -3.57. The zero-order valence-electron chi connectivity index (χ0n) is 47.6. The van der Waals surface area contributed by atoms with Crippen molar-refractivity contribution in [1.82, 2.24) is 41.1 Å². The monoisotopic (exact) mass is 1110 g/mol. The number of aliphatic hydroxyl groups excluding tert-OH is 1. The fourth-order valence-electron chi connectivity index (χ4n) is 9.37. The maximum atomic E-state index is 14.4. The van der Waals surface area contributed by atoms with E-state index >= 15 is 0 Å². The van der Waals surface area contributed by atoms with Gasteiger partial charge in [-0.15, -0.1) is 0 Å². The number of aliphatic hydroxyl groups is 1. The van der Waals surface area contributed by atoms with Crippen molar-refractivity contribution >= 4 is 51.4 Å². The number of nitrogens with two attached hydrogens (primary N) is 1. The first-order valence-corrected chi connectivity index (χ1v) is 28.6. The summed E-state index contributed by atoms with van der Waals surface area (Å²) in [4.78, 5) is 97.4. The number of rotatable bonds is 30. The molecule has 0 aromatic heterocycles. The third-order valence-electron chi connectivity index (χ3n) is 14.2. The normalized spacial score (nSPS) is 15.9. The fourth-order valence-corrected chi connectivity index (χ4v) is 10.4. The lowest BCUT2D eigenvalue weighted by molar-refractivity contribution is -0.141. The Balaban J connectivity index is 1.39. The number of benzene rings is 3. The average molecular weight is 1110 g/mol. The molecule has 3 aromatic carbocycles. The Bertz CT molecular complexity index is 2710. The van der Waals surface area contributed by atoms with E-state index in [1.165, 1.54) is 53.1 Å². The van der Waals surface area contributed by atoms with Crippen molar-refractivity contribution in [3.8, 4) is 0 Å². The van der Waals surface area contributed by atoms with E-state index in [4.69, 9.17) is 5.73 Å². The minimum Gasteiger partial charge on any atom is -0.370 e. The van der Waals surface area contributed by atoms with Crippen molar-refractivity contribution in [2.45, 2.75) is 160 Å². The highest BCUT2D eigenvalue weighted by molar-refractivity contribution is 7.90. The van der Waals surface area contributed by atoms with Gasteiger partial charge in [0, 0.05) is 50.0 Å². The van der Waals surface area contributed by atoms with E-state index in [0.717, 1.165) is 11.1 Å². The van der Waals surface area contributed by atoms with Crippen LogP contribution >= 0.6 is 0 Å². The number of nitrogens with zero attached hydrogens (tertiary/aromatic N) is 2. The Labute approximate surface area is 467 Å². The first-order valence-electron chi connectivity index (χ1n) is 27.1. The summed E-state index contributed by atoms with van der Waals surface area (Å²) in [6, 6.07) is 20.0. The molecule has 1 aliphatic heterocycles. The molecule has 6 atom stereocenters.